The summed E-state index contributed by atoms with van der Waals surface area (Å²) < 4.78 is 12.9. The molecule has 43 heavy (non-hydrogen) atoms. The van der Waals surface area contributed by atoms with Crippen LogP contribution in [-0.4, -0.2) is 94.4 Å². The largest absolute Gasteiger partial charge is 0.361 e. The number of aromatic amines is 1. The van der Waals surface area contributed by atoms with Crippen LogP contribution in [0.3, 0.4) is 0 Å². The molecule has 3 fully saturated rings. The second-order valence-electron chi connectivity index (χ2n) is 13.8. The second-order valence-corrected chi connectivity index (χ2v) is 13.8. The lowest BCUT2D eigenvalue weighted by Crippen LogP contribution is -2.72. The molecule has 3 saturated heterocycles. The van der Waals surface area contributed by atoms with Crippen LogP contribution in [0.2, 0.25) is 0 Å². The number of nitrogens with one attached hydrogen (secondary N) is 2. The molecule has 10 heteroatoms. The molecule has 5 aliphatic rings. The molecule has 4 aliphatic heterocycles. The molecule has 2 N–H and O–H groups in total. The molecule has 3 unspecified atom stereocenters. The summed E-state index contributed by atoms with van der Waals surface area (Å²) >= 11 is 0. The Kier molecular flexibility index (Phi) is 6.58. The van der Waals surface area contributed by atoms with Crippen molar-refractivity contribution < 1.29 is 23.9 Å². The van der Waals surface area contributed by atoms with Crippen LogP contribution in [0.1, 0.15) is 58.1 Å². The highest BCUT2D eigenvalue weighted by Crippen LogP contribution is 2.50. The zero-order valence-corrected chi connectivity index (χ0v) is 26.0. The third-order valence-corrected chi connectivity index (χ3v) is 10.4. The molecule has 230 valence electrons. The van der Waals surface area contributed by atoms with Crippen molar-refractivity contribution in [1.29, 1.82) is 0 Å². The number of piperazine rings is 1. The lowest BCUT2D eigenvalue weighted by Gasteiger charge is -2.51. The van der Waals surface area contributed by atoms with Crippen molar-refractivity contribution in [3.8, 4) is 0 Å². The van der Waals surface area contributed by atoms with Crippen molar-refractivity contribution in [1.82, 2.24) is 25.0 Å². The summed E-state index contributed by atoms with van der Waals surface area (Å²) in [6, 6.07) is 5.27. The summed E-state index contributed by atoms with van der Waals surface area (Å²) in [5, 5.41) is 4.33. The van der Waals surface area contributed by atoms with Gasteiger partial charge in [0.2, 0.25) is 17.5 Å². The SMILES string of the molecule is COC12O[C@](NC(=O)[C@@H]3C=C4c5cccc6[nH]cc(c56)CC4N(C)C3)(C(C)C)C(=O)N1C(CC(C)C)C(=O)N1CCC[C@H]12. The number of methoxy groups -OCH3 is 1. The van der Waals surface area contributed by atoms with E-state index in [-0.39, 0.29) is 23.8 Å². The van der Waals surface area contributed by atoms with Gasteiger partial charge in [0, 0.05) is 49.3 Å². The van der Waals surface area contributed by atoms with E-state index in [0.29, 0.717) is 25.9 Å². The van der Waals surface area contributed by atoms with Gasteiger partial charge in [-0.3, -0.25) is 28.9 Å². The van der Waals surface area contributed by atoms with Gasteiger partial charge in [0.15, 0.2) is 0 Å². The fourth-order valence-corrected chi connectivity index (χ4v) is 8.35. The quantitative estimate of drug-likeness (QED) is 0.537. The van der Waals surface area contributed by atoms with Crippen molar-refractivity contribution in [2.24, 2.45) is 17.8 Å². The highest BCUT2D eigenvalue weighted by molar-refractivity contribution is 6.01. The number of rotatable bonds is 6. The number of aromatic nitrogens is 1. The molecule has 2 aromatic rings. The number of benzene rings is 1. The zero-order chi connectivity index (χ0) is 30.4. The molecular weight excluding hydrogens is 546 g/mol. The van der Waals surface area contributed by atoms with Gasteiger partial charge in [-0.2, -0.15) is 0 Å². The van der Waals surface area contributed by atoms with Crippen molar-refractivity contribution in [3.05, 3.63) is 41.6 Å². The molecule has 1 aromatic carbocycles. The van der Waals surface area contributed by atoms with Crippen LogP contribution >= 0.6 is 0 Å². The minimum Gasteiger partial charge on any atom is -0.361 e. The number of carbonyl (C=O) groups excluding carboxylic acids is 3. The number of fused-ring (bicyclic) bond motifs is 5. The summed E-state index contributed by atoms with van der Waals surface area (Å²) in [5.41, 5.74) is 3.00. The molecule has 0 saturated carbocycles. The van der Waals surface area contributed by atoms with E-state index in [9.17, 15) is 14.4 Å². The highest BCUT2D eigenvalue weighted by atomic mass is 16.8. The summed E-state index contributed by atoms with van der Waals surface area (Å²) in [5.74, 6) is -2.95. The average Bonchev–Trinajstić information content (AvgIpc) is 3.69. The van der Waals surface area contributed by atoms with Crippen LogP contribution in [0.25, 0.3) is 16.5 Å². The molecule has 0 spiro atoms. The Balaban J connectivity index is 1.26. The first-order valence-electron chi connectivity index (χ1n) is 15.7. The van der Waals surface area contributed by atoms with Crippen LogP contribution < -0.4 is 5.32 Å². The number of hydrogen-bond donors (Lipinski definition) is 2. The fourth-order valence-electron chi connectivity index (χ4n) is 8.35. The monoisotopic (exact) mass is 589 g/mol. The van der Waals surface area contributed by atoms with Crippen molar-refractivity contribution >= 4 is 34.2 Å². The Bertz CT molecular complexity index is 1530. The first-order chi connectivity index (χ1) is 20.5. The zero-order valence-electron chi connectivity index (χ0n) is 26.0. The van der Waals surface area contributed by atoms with Crippen molar-refractivity contribution in [3.63, 3.8) is 0 Å². The summed E-state index contributed by atoms with van der Waals surface area (Å²) in [7, 11) is 3.60. The van der Waals surface area contributed by atoms with Crippen LogP contribution in [0.4, 0.5) is 0 Å². The van der Waals surface area contributed by atoms with Gasteiger partial charge in [-0.1, -0.05) is 45.9 Å². The molecule has 3 amide bonds. The van der Waals surface area contributed by atoms with Gasteiger partial charge in [-0.15, -0.1) is 0 Å². The van der Waals surface area contributed by atoms with E-state index in [1.165, 1.54) is 18.1 Å². The number of ether oxygens (including phenoxy) is 2. The molecule has 7 rings (SSSR count). The molecule has 10 nitrogen and oxygen atoms in total. The number of hydrogen-bond acceptors (Lipinski definition) is 6. The topological polar surface area (TPSA) is 107 Å². The maximum absolute atomic E-state index is 14.6. The Morgan fingerprint density at radius 2 is 2.02 bits per heavy atom. The number of H-pyrrole nitrogens is 1. The average molecular weight is 590 g/mol. The second kappa shape index (κ2) is 9.90. The minimum absolute atomic E-state index is 0.0630. The maximum Gasteiger partial charge on any atom is 0.281 e. The number of amides is 3. The highest BCUT2D eigenvalue weighted by Gasteiger charge is 2.72. The number of nitrogens with zero attached hydrogens (tertiary/aromatic N) is 3. The van der Waals surface area contributed by atoms with E-state index in [4.69, 9.17) is 9.47 Å². The van der Waals surface area contributed by atoms with Gasteiger partial charge in [-0.05, 0) is 61.4 Å². The molecule has 5 heterocycles. The van der Waals surface area contributed by atoms with Gasteiger partial charge in [0.05, 0.1) is 5.92 Å². The van der Waals surface area contributed by atoms with Crippen LogP contribution in [0.15, 0.2) is 30.5 Å². The first-order valence-corrected chi connectivity index (χ1v) is 15.7. The summed E-state index contributed by atoms with van der Waals surface area (Å²) in [4.78, 5) is 51.7. The van der Waals surface area contributed by atoms with Crippen molar-refractivity contribution in [2.75, 3.05) is 27.2 Å². The fraction of sp³-hybridized carbons (Fsp3) is 0.606. The molecule has 0 radical (unpaired) electrons. The lowest BCUT2D eigenvalue weighted by molar-refractivity contribution is -0.333. The van der Waals surface area contributed by atoms with Gasteiger partial charge >= 0.3 is 0 Å². The van der Waals surface area contributed by atoms with Crippen LogP contribution in [0.5, 0.6) is 0 Å². The summed E-state index contributed by atoms with van der Waals surface area (Å²) in [6.45, 7) is 8.96. The molecule has 6 atom stereocenters. The smallest absolute Gasteiger partial charge is 0.281 e. The van der Waals surface area contributed by atoms with Crippen LogP contribution in [-0.2, 0) is 30.3 Å². The normalized spacial score (nSPS) is 33.7. The van der Waals surface area contributed by atoms with E-state index in [1.807, 2.05) is 38.7 Å². The molecule has 0 bridgehead atoms. The van der Waals surface area contributed by atoms with Crippen LogP contribution in [0, 0.1) is 17.8 Å². The Hall–Kier alpha value is -3.21. The molecule has 1 aromatic heterocycles. The predicted octanol–water partition coefficient (Wildman–Crippen LogP) is 3.08. The maximum atomic E-state index is 14.6. The summed E-state index contributed by atoms with van der Waals surface area (Å²) in [6.07, 6.45) is 7.00. The van der Waals surface area contributed by atoms with Gasteiger partial charge in [0.1, 0.15) is 12.1 Å². The van der Waals surface area contributed by atoms with E-state index in [0.717, 1.165) is 29.5 Å². The number of likely N-dealkylation sites (N-methyl/N-ethyl adjacent to an activating group) is 1. The van der Waals surface area contributed by atoms with E-state index < -0.39 is 41.5 Å². The van der Waals surface area contributed by atoms with Gasteiger partial charge in [-0.25, -0.2) is 0 Å². The predicted molar refractivity (Wildman–Crippen MR) is 161 cm³/mol. The van der Waals surface area contributed by atoms with E-state index >= 15 is 0 Å². The Morgan fingerprint density at radius 1 is 1.23 bits per heavy atom. The minimum atomic E-state index is -1.67. The number of carbonyl (C=O) groups is 3. The van der Waals surface area contributed by atoms with Crippen molar-refractivity contribution in [2.45, 2.75) is 83.1 Å². The Morgan fingerprint density at radius 3 is 2.74 bits per heavy atom. The molecule has 1 aliphatic carbocycles. The molecular formula is C33H43N5O5. The standard InChI is InChI=1S/C33H43N5O5/c1-18(2)13-26-30(40)37-12-8-11-27(37)33(42-6)38(26)31(41)32(43-33,19(3)4)35-29(39)21-14-23-22-9-7-10-24-28(22)20(16-34-24)15-25(23)36(5)17-21/h7,9-10,14,16,18-19,21,25-27,34H,8,11-13,15,17H2,1-6H3,(H,35,39)/t21-,25?,26?,27+,32-,33?/m1/s1. The Labute approximate surface area is 252 Å². The third kappa shape index (κ3) is 3.92. The first kappa shape index (κ1) is 28.6. The van der Waals surface area contributed by atoms with E-state index in [1.54, 1.807) is 4.90 Å². The van der Waals surface area contributed by atoms with Gasteiger partial charge in [0.25, 0.3) is 11.8 Å². The lowest BCUT2D eigenvalue weighted by atomic mass is 9.79. The van der Waals surface area contributed by atoms with Gasteiger partial charge < -0.3 is 19.9 Å². The third-order valence-electron chi connectivity index (χ3n) is 10.4. The van der Waals surface area contributed by atoms with E-state index in [2.05, 4.69) is 46.7 Å².